The molecule has 26 heavy (non-hydrogen) atoms. The second-order valence-electron chi connectivity index (χ2n) is 5.43. The molecule has 0 radical (unpaired) electrons. The van der Waals surface area contributed by atoms with Crippen molar-refractivity contribution in [3.63, 3.8) is 0 Å². The molecule has 8 heteroatoms. The number of halogens is 3. The molecule has 0 aliphatic carbocycles. The van der Waals surface area contributed by atoms with Gasteiger partial charge in [-0.15, -0.1) is 0 Å². The van der Waals surface area contributed by atoms with Crippen LogP contribution < -0.4 is 5.32 Å². The molecular formula is C18H14Cl2FN3OS. The number of nitrogens with one attached hydrogen (secondary N) is 1. The smallest absolute Gasteiger partial charge is 0.237 e. The molecule has 4 nitrogen and oxygen atoms in total. The van der Waals surface area contributed by atoms with E-state index in [0.29, 0.717) is 26.6 Å². The zero-order chi connectivity index (χ0) is 18.7. The lowest BCUT2D eigenvalue weighted by molar-refractivity contribution is -0.115. The van der Waals surface area contributed by atoms with Crippen LogP contribution in [-0.2, 0) is 4.79 Å². The van der Waals surface area contributed by atoms with Gasteiger partial charge in [-0.2, -0.15) is 0 Å². The van der Waals surface area contributed by atoms with Gasteiger partial charge in [-0.3, -0.25) is 9.36 Å². The minimum absolute atomic E-state index is 0.243. The van der Waals surface area contributed by atoms with Gasteiger partial charge in [-0.05, 0) is 43.3 Å². The van der Waals surface area contributed by atoms with Gasteiger partial charge < -0.3 is 5.32 Å². The molecule has 0 aliphatic rings. The van der Waals surface area contributed by atoms with Gasteiger partial charge in [-0.1, -0.05) is 41.0 Å². The predicted octanol–water partition coefficient (Wildman–Crippen LogP) is 5.44. The third-order valence-electron chi connectivity index (χ3n) is 3.53. The Kier molecular flexibility index (Phi) is 5.86. The van der Waals surface area contributed by atoms with E-state index in [1.807, 2.05) is 0 Å². The highest BCUT2D eigenvalue weighted by molar-refractivity contribution is 8.00. The molecule has 1 aromatic heterocycles. The first-order chi connectivity index (χ1) is 12.4. The average molecular weight is 410 g/mol. The number of rotatable bonds is 5. The van der Waals surface area contributed by atoms with Crippen molar-refractivity contribution in [2.24, 2.45) is 0 Å². The molecule has 1 heterocycles. The Labute approximate surface area is 164 Å². The fraction of sp³-hybridized carbons (Fsp3) is 0.111. The fourth-order valence-electron chi connectivity index (χ4n) is 2.24. The van der Waals surface area contributed by atoms with Gasteiger partial charge in [0.1, 0.15) is 5.82 Å². The van der Waals surface area contributed by atoms with Crippen molar-refractivity contribution in [3.8, 4) is 5.69 Å². The van der Waals surface area contributed by atoms with Crippen LogP contribution in [0.3, 0.4) is 0 Å². The second-order valence-corrected chi connectivity index (χ2v) is 7.58. The Hall–Kier alpha value is -2.02. The highest BCUT2D eigenvalue weighted by Crippen LogP contribution is 2.28. The van der Waals surface area contributed by atoms with E-state index in [0.717, 1.165) is 0 Å². The number of thioether (sulfide) groups is 1. The molecule has 2 aromatic carbocycles. The van der Waals surface area contributed by atoms with Crippen LogP contribution in [0.5, 0.6) is 0 Å². The van der Waals surface area contributed by atoms with E-state index in [9.17, 15) is 9.18 Å². The van der Waals surface area contributed by atoms with Crippen LogP contribution >= 0.6 is 35.0 Å². The van der Waals surface area contributed by atoms with Crippen LogP contribution in [0, 0.1) is 5.82 Å². The molecule has 1 amide bonds. The summed E-state index contributed by atoms with van der Waals surface area (Å²) in [5, 5.41) is 3.76. The summed E-state index contributed by atoms with van der Waals surface area (Å²) >= 11 is 13.3. The molecule has 1 N–H and O–H groups in total. The van der Waals surface area contributed by atoms with Crippen LogP contribution in [0.15, 0.2) is 60.0 Å². The molecule has 0 spiro atoms. The number of hydrogen-bond acceptors (Lipinski definition) is 3. The van der Waals surface area contributed by atoms with Crippen LogP contribution in [0.1, 0.15) is 6.92 Å². The van der Waals surface area contributed by atoms with Crippen molar-refractivity contribution >= 4 is 46.6 Å². The second kappa shape index (κ2) is 8.12. The van der Waals surface area contributed by atoms with E-state index in [2.05, 4.69) is 10.3 Å². The summed E-state index contributed by atoms with van der Waals surface area (Å²) < 4.78 is 15.2. The SMILES string of the molecule is CC(Sc1nccn1-c1cccc(F)c1)C(=O)Nc1cc(Cl)ccc1Cl. The number of aromatic nitrogens is 2. The van der Waals surface area contributed by atoms with E-state index in [4.69, 9.17) is 23.2 Å². The molecule has 1 atom stereocenters. The number of benzene rings is 2. The van der Waals surface area contributed by atoms with Gasteiger partial charge in [0.15, 0.2) is 5.16 Å². The topological polar surface area (TPSA) is 46.9 Å². The fourth-order valence-corrected chi connectivity index (χ4v) is 3.46. The number of hydrogen-bond donors (Lipinski definition) is 1. The van der Waals surface area contributed by atoms with Gasteiger partial charge in [0.05, 0.1) is 21.6 Å². The number of imidazole rings is 1. The van der Waals surface area contributed by atoms with Gasteiger partial charge in [0.2, 0.25) is 5.91 Å². The van der Waals surface area contributed by atoms with Crippen LogP contribution in [-0.4, -0.2) is 20.7 Å². The highest BCUT2D eigenvalue weighted by atomic mass is 35.5. The van der Waals surface area contributed by atoms with Crippen molar-refractivity contribution in [1.29, 1.82) is 0 Å². The minimum atomic E-state index is -0.459. The Morgan fingerprint density at radius 3 is 2.85 bits per heavy atom. The molecule has 134 valence electrons. The summed E-state index contributed by atoms with van der Waals surface area (Å²) in [5.41, 5.74) is 1.08. The molecule has 0 aliphatic heterocycles. The van der Waals surface area contributed by atoms with Gasteiger partial charge in [-0.25, -0.2) is 9.37 Å². The summed E-state index contributed by atoms with van der Waals surface area (Å²) in [6.45, 7) is 1.75. The molecule has 3 rings (SSSR count). The quantitative estimate of drug-likeness (QED) is 0.570. The van der Waals surface area contributed by atoms with E-state index < -0.39 is 5.25 Å². The van der Waals surface area contributed by atoms with Gasteiger partial charge in [0, 0.05) is 17.4 Å². The lowest BCUT2D eigenvalue weighted by Crippen LogP contribution is -2.23. The Balaban J connectivity index is 1.74. The van der Waals surface area contributed by atoms with Crippen LogP contribution in [0.25, 0.3) is 5.69 Å². The number of anilines is 1. The number of nitrogens with zero attached hydrogens (tertiary/aromatic N) is 2. The van der Waals surface area contributed by atoms with E-state index >= 15 is 0 Å². The van der Waals surface area contributed by atoms with Crippen molar-refractivity contribution in [1.82, 2.24) is 9.55 Å². The van der Waals surface area contributed by atoms with E-state index in [-0.39, 0.29) is 11.7 Å². The molecule has 0 saturated heterocycles. The monoisotopic (exact) mass is 409 g/mol. The maximum Gasteiger partial charge on any atom is 0.237 e. The molecule has 0 bridgehead atoms. The lowest BCUT2D eigenvalue weighted by atomic mass is 10.3. The Morgan fingerprint density at radius 2 is 2.08 bits per heavy atom. The van der Waals surface area contributed by atoms with Crippen molar-refractivity contribution < 1.29 is 9.18 Å². The number of carbonyl (C=O) groups excluding carboxylic acids is 1. The summed E-state index contributed by atoms with van der Waals surface area (Å²) in [5.74, 6) is -0.582. The average Bonchev–Trinajstić information content (AvgIpc) is 3.06. The molecule has 0 saturated carbocycles. The summed E-state index contributed by atoms with van der Waals surface area (Å²) in [6, 6.07) is 11.0. The van der Waals surface area contributed by atoms with Crippen molar-refractivity contribution in [2.75, 3.05) is 5.32 Å². The first-order valence-corrected chi connectivity index (χ1v) is 9.29. The first kappa shape index (κ1) is 18.8. The Bertz CT molecular complexity index is 948. The summed E-state index contributed by atoms with van der Waals surface area (Å²) in [7, 11) is 0. The van der Waals surface area contributed by atoms with E-state index in [1.54, 1.807) is 54.2 Å². The molecule has 3 aromatic rings. The van der Waals surface area contributed by atoms with Gasteiger partial charge >= 0.3 is 0 Å². The third kappa shape index (κ3) is 4.38. The minimum Gasteiger partial charge on any atom is -0.324 e. The standard InChI is InChI=1S/C18H14Cl2FN3OS/c1-11(17(25)23-16-9-12(19)5-6-15(16)20)26-18-22-7-8-24(18)14-4-2-3-13(21)10-14/h2-11H,1H3,(H,23,25). The Morgan fingerprint density at radius 1 is 1.27 bits per heavy atom. The predicted molar refractivity (Wildman–Crippen MR) is 104 cm³/mol. The van der Waals surface area contributed by atoms with Crippen molar-refractivity contribution in [3.05, 3.63) is 70.7 Å². The van der Waals surface area contributed by atoms with Gasteiger partial charge in [0.25, 0.3) is 0 Å². The van der Waals surface area contributed by atoms with Crippen LogP contribution in [0.2, 0.25) is 10.0 Å². The normalized spacial score (nSPS) is 12.0. The lowest BCUT2D eigenvalue weighted by Gasteiger charge is -2.14. The highest BCUT2D eigenvalue weighted by Gasteiger charge is 2.19. The zero-order valence-corrected chi connectivity index (χ0v) is 15.9. The number of carbonyl (C=O) groups is 1. The van der Waals surface area contributed by atoms with E-state index in [1.165, 1.54) is 23.9 Å². The number of amides is 1. The zero-order valence-electron chi connectivity index (χ0n) is 13.6. The molecule has 0 fully saturated rings. The molecule has 1 unspecified atom stereocenters. The maximum absolute atomic E-state index is 13.5. The van der Waals surface area contributed by atoms with Crippen LogP contribution in [0.4, 0.5) is 10.1 Å². The summed E-state index contributed by atoms with van der Waals surface area (Å²) in [4.78, 5) is 16.7. The first-order valence-electron chi connectivity index (χ1n) is 7.66. The van der Waals surface area contributed by atoms with Crippen molar-refractivity contribution in [2.45, 2.75) is 17.3 Å². The maximum atomic E-state index is 13.5. The molecular weight excluding hydrogens is 396 g/mol. The third-order valence-corrected chi connectivity index (χ3v) is 5.18. The largest absolute Gasteiger partial charge is 0.324 e. The summed E-state index contributed by atoms with van der Waals surface area (Å²) in [6.07, 6.45) is 3.32.